The zero-order valence-electron chi connectivity index (χ0n) is 16.6. The highest BCUT2D eigenvalue weighted by atomic mass is 16.3. The van der Waals surface area contributed by atoms with Crippen molar-refractivity contribution in [1.82, 2.24) is 5.32 Å². The van der Waals surface area contributed by atoms with E-state index in [1.807, 2.05) is 0 Å². The number of aliphatic hydroxyl groups excluding tert-OH is 1. The lowest BCUT2D eigenvalue weighted by atomic mass is 10.2. The number of aliphatic hydroxyl groups is 1. The fraction of sp³-hybridized carbons (Fsp3) is 0.522. The van der Waals surface area contributed by atoms with Crippen molar-refractivity contribution >= 4 is 5.91 Å². The summed E-state index contributed by atoms with van der Waals surface area (Å²) in [5, 5.41) is 11.6. The minimum atomic E-state index is -0.156. The molecule has 3 nitrogen and oxygen atoms in total. The van der Waals surface area contributed by atoms with Crippen LogP contribution in [0.15, 0.2) is 60.8 Å². The van der Waals surface area contributed by atoms with Gasteiger partial charge in [0.25, 0.3) is 0 Å². The molecule has 0 bridgehead atoms. The predicted octanol–water partition coefficient (Wildman–Crippen LogP) is 5.41. The molecule has 0 aliphatic carbocycles. The Morgan fingerprint density at radius 1 is 0.846 bits per heavy atom. The molecule has 1 amide bonds. The quantitative estimate of drug-likeness (QED) is 0.303. The molecule has 0 aromatic rings. The first-order valence-electron chi connectivity index (χ1n) is 9.85. The van der Waals surface area contributed by atoms with Gasteiger partial charge in [0.15, 0.2) is 0 Å². The largest absolute Gasteiger partial charge is 0.394 e. The van der Waals surface area contributed by atoms with Crippen LogP contribution in [0.25, 0.3) is 0 Å². The molecule has 0 saturated carbocycles. The van der Waals surface area contributed by atoms with Crippen molar-refractivity contribution < 1.29 is 9.90 Å². The van der Waals surface area contributed by atoms with Crippen LogP contribution < -0.4 is 5.32 Å². The minimum absolute atomic E-state index is 0.0129. The smallest absolute Gasteiger partial charge is 0.220 e. The summed E-state index contributed by atoms with van der Waals surface area (Å²) in [6.07, 6.45) is 29.1. The molecule has 0 radical (unpaired) electrons. The highest BCUT2D eigenvalue weighted by molar-refractivity contribution is 5.76. The summed E-state index contributed by atoms with van der Waals surface area (Å²) in [7, 11) is 0. The van der Waals surface area contributed by atoms with Gasteiger partial charge in [0.05, 0.1) is 6.61 Å². The van der Waals surface area contributed by atoms with Crippen LogP contribution in [0.3, 0.4) is 0 Å². The maximum atomic E-state index is 11.5. The monoisotopic (exact) mass is 359 g/mol. The Hall–Kier alpha value is -1.87. The molecule has 0 heterocycles. The second-order valence-electron chi connectivity index (χ2n) is 6.25. The van der Waals surface area contributed by atoms with E-state index in [1.165, 1.54) is 0 Å². The third-order valence-electron chi connectivity index (χ3n) is 3.61. The van der Waals surface area contributed by atoms with Crippen molar-refractivity contribution in [3.8, 4) is 0 Å². The molecule has 1 atom stereocenters. The summed E-state index contributed by atoms with van der Waals surface area (Å²) in [6.45, 7) is 3.93. The first kappa shape index (κ1) is 24.1. The maximum Gasteiger partial charge on any atom is 0.220 e. The molecule has 0 fully saturated rings. The average Bonchev–Trinajstić information content (AvgIpc) is 2.64. The first-order valence-corrected chi connectivity index (χ1v) is 9.85. The van der Waals surface area contributed by atoms with Crippen molar-refractivity contribution in [3.63, 3.8) is 0 Å². The van der Waals surface area contributed by atoms with Gasteiger partial charge in [0, 0.05) is 12.5 Å². The van der Waals surface area contributed by atoms with Gasteiger partial charge in [-0.1, -0.05) is 67.7 Å². The van der Waals surface area contributed by atoms with Crippen LogP contribution >= 0.6 is 0 Å². The van der Waals surface area contributed by atoms with E-state index in [-0.39, 0.29) is 18.6 Å². The Labute approximate surface area is 160 Å². The summed E-state index contributed by atoms with van der Waals surface area (Å²) in [6, 6.07) is -0.156. The minimum Gasteiger partial charge on any atom is -0.394 e. The average molecular weight is 360 g/mol. The van der Waals surface area contributed by atoms with Gasteiger partial charge in [0.2, 0.25) is 5.91 Å². The standard InChI is InChI=1S/C23H37NO2/c1-3-4-5-6-7-8-9-10-11-12-13-14-15-16-17-18-19-20-23(26)24-22(2)21-25/h4-5,7-8,10-11,13-14,16-17,22,25H,3,6,9,12,15,18-21H2,1-2H3,(H,24,26)/b5-4-,8-7-,11-10-,14-13-,17-16-. The van der Waals surface area contributed by atoms with Gasteiger partial charge in [0.1, 0.15) is 0 Å². The molecule has 0 rings (SSSR count). The Morgan fingerprint density at radius 2 is 1.31 bits per heavy atom. The van der Waals surface area contributed by atoms with Crippen molar-refractivity contribution in [3.05, 3.63) is 60.8 Å². The van der Waals surface area contributed by atoms with Gasteiger partial charge in [-0.25, -0.2) is 0 Å². The predicted molar refractivity (Wildman–Crippen MR) is 113 cm³/mol. The van der Waals surface area contributed by atoms with E-state index in [1.54, 1.807) is 6.92 Å². The van der Waals surface area contributed by atoms with Gasteiger partial charge >= 0.3 is 0 Å². The second-order valence-corrected chi connectivity index (χ2v) is 6.25. The molecule has 0 aliphatic heterocycles. The summed E-state index contributed by atoms with van der Waals surface area (Å²) in [5.41, 5.74) is 0. The fourth-order valence-electron chi connectivity index (χ4n) is 2.14. The van der Waals surface area contributed by atoms with Crippen LogP contribution in [0.4, 0.5) is 0 Å². The number of allylic oxidation sites excluding steroid dienone is 10. The molecule has 26 heavy (non-hydrogen) atoms. The van der Waals surface area contributed by atoms with Crippen LogP contribution in [0.2, 0.25) is 0 Å². The van der Waals surface area contributed by atoms with E-state index >= 15 is 0 Å². The number of carbonyl (C=O) groups excluding carboxylic acids is 1. The third kappa shape index (κ3) is 18.5. The topological polar surface area (TPSA) is 49.3 Å². The third-order valence-corrected chi connectivity index (χ3v) is 3.61. The van der Waals surface area contributed by atoms with Gasteiger partial charge in [-0.2, -0.15) is 0 Å². The van der Waals surface area contributed by atoms with E-state index < -0.39 is 0 Å². The number of carbonyl (C=O) groups is 1. The van der Waals surface area contributed by atoms with Gasteiger partial charge in [-0.15, -0.1) is 0 Å². The summed E-state index contributed by atoms with van der Waals surface area (Å²) in [4.78, 5) is 11.5. The molecule has 2 N–H and O–H groups in total. The number of unbranched alkanes of at least 4 members (excludes halogenated alkanes) is 1. The fourth-order valence-corrected chi connectivity index (χ4v) is 2.14. The first-order chi connectivity index (χ1) is 12.7. The molecule has 0 aromatic carbocycles. The Morgan fingerprint density at radius 3 is 1.77 bits per heavy atom. The zero-order chi connectivity index (χ0) is 19.3. The number of hydrogen-bond donors (Lipinski definition) is 2. The van der Waals surface area contributed by atoms with Crippen LogP contribution in [-0.4, -0.2) is 23.7 Å². The highest BCUT2D eigenvalue weighted by Crippen LogP contribution is 2.00. The zero-order valence-corrected chi connectivity index (χ0v) is 16.6. The lowest BCUT2D eigenvalue weighted by molar-refractivity contribution is -0.122. The van der Waals surface area contributed by atoms with E-state index in [4.69, 9.17) is 5.11 Å². The summed E-state index contributed by atoms with van der Waals surface area (Å²) >= 11 is 0. The molecular weight excluding hydrogens is 322 g/mol. The number of rotatable bonds is 15. The molecule has 3 heteroatoms. The lowest BCUT2D eigenvalue weighted by Crippen LogP contribution is -2.34. The second kappa shape index (κ2) is 19.5. The molecule has 0 spiro atoms. The Kier molecular flexibility index (Phi) is 18.1. The van der Waals surface area contributed by atoms with Gasteiger partial charge in [-0.3, -0.25) is 4.79 Å². The summed E-state index contributed by atoms with van der Waals surface area (Å²) in [5.74, 6) is 0.0129. The molecule has 146 valence electrons. The molecule has 0 aliphatic rings. The van der Waals surface area contributed by atoms with Crippen molar-refractivity contribution in [2.24, 2.45) is 0 Å². The molecule has 1 unspecified atom stereocenters. The summed E-state index contributed by atoms with van der Waals surface area (Å²) < 4.78 is 0. The number of nitrogens with one attached hydrogen (secondary N) is 1. The van der Waals surface area contributed by atoms with E-state index in [2.05, 4.69) is 73.0 Å². The van der Waals surface area contributed by atoms with E-state index in [0.29, 0.717) is 6.42 Å². The molecule has 0 aromatic heterocycles. The Bertz CT molecular complexity index is 473. The van der Waals surface area contributed by atoms with Crippen molar-refractivity contribution in [1.29, 1.82) is 0 Å². The lowest BCUT2D eigenvalue weighted by Gasteiger charge is -2.09. The molecular formula is C23H37NO2. The van der Waals surface area contributed by atoms with Gasteiger partial charge < -0.3 is 10.4 Å². The normalized spacial score (nSPS) is 13.8. The van der Waals surface area contributed by atoms with Crippen LogP contribution in [0, 0.1) is 0 Å². The number of amides is 1. The van der Waals surface area contributed by atoms with E-state index in [0.717, 1.165) is 44.9 Å². The van der Waals surface area contributed by atoms with Crippen LogP contribution in [0.1, 0.15) is 65.2 Å². The Balaban J connectivity index is 3.54. The van der Waals surface area contributed by atoms with Crippen molar-refractivity contribution in [2.75, 3.05) is 6.61 Å². The van der Waals surface area contributed by atoms with Crippen molar-refractivity contribution in [2.45, 2.75) is 71.3 Å². The number of hydrogen-bond acceptors (Lipinski definition) is 2. The SMILES string of the molecule is CC/C=C\C/C=C\C/C=C\C/C=C\C/C=C\CCCC(=O)NC(C)CO. The van der Waals surface area contributed by atoms with Crippen LogP contribution in [-0.2, 0) is 4.79 Å². The van der Waals surface area contributed by atoms with Gasteiger partial charge in [-0.05, 0) is 51.9 Å². The maximum absolute atomic E-state index is 11.5. The van der Waals surface area contributed by atoms with Crippen LogP contribution in [0.5, 0.6) is 0 Å². The highest BCUT2D eigenvalue weighted by Gasteiger charge is 2.04. The van der Waals surface area contributed by atoms with E-state index in [9.17, 15) is 4.79 Å². The molecule has 0 saturated heterocycles.